The van der Waals surface area contributed by atoms with Crippen molar-refractivity contribution in [1.29, 1.82) is 0 Å². The van der Waals surface area contributed by atoms with Gasteiger partial charge in [-0.1, -0.05) is 17.7 Å². The summed E-state index contributed by atoms with van der Waals surface area (Å²) in [5, 5.41) is 4.11. The lowest BCUT2D eigenvalue weighted by Crippen LogP contribution is -2.31. The molecule has 1 amide bonds. The van der Waals surface area contributed by atoms with Crippen LogP contribution in [0.1, 0.15) is 20.5 Å². The van der Waals surface area contributed by atoms with Gasteiger partial charge in [0.1, 0.15) is 11.0 Å². The van der Waals surface area contributed by atoms with Gasteiger partial charge in [-0.3, -0.25) is 4.79 Å². The molecule has 0 aliphatic carbocycles. The van der Waals surface area contributed by atoms with Crippen LogP contribution in [-0.4, -0.2) is 28.0 Å². The van der Waals surface area contributed by atoms with Gasteiger partial charge in [-0.2, -0.15) is 0 Å². The predicted octanol–water partition coefficient (Wildman–Crippen LogP) is 4.36. The van der Waals surface area contributed by atoms with E-state index < -0.39 is 15.1 Å². The lowest BCUT2D eigenvalue weighted by molar-refractivity contribution is 0.0953. The fraction of sp³-hybridized carbons (Fsp3) is 0.150. The molecule has 3 aromatic rings. The van der Waals surface area contributed by atoms with E-state index in [1.54, 1.807) is 43.5 Å². The van der Waals surface area contributed by atoms with Crippen molar-refractivity contribution in [3.63, 3.8) is 0 Å². The maximum absolute atomic E-state index is 13.2. The van der Waals surface area contributed by atoms with Crippen LogP contribution in [0.15, 0.2) is 70.9 Å². The second kappa shape index (κ2) is 8.77. The van der Waals surface area contributed by atoms with Gasteiger partial charge in [0.15, 0.2) is 9.84 Å². The standard InChI is InChI=1S/C20H18ClNO4S2/c1-26-16-8-4-14(5-9-16)20(23)22-13-19(18-3-2-12-27-18)28(24,25)17-10-6-15(21)7-11-17/h2-12,19H,13H2,1H3,(H,22,23)/t19-/m1/s1. The van der Waals surface area contributed by atoms with Gasteiger partial charge in [-0.25, -0.2) is 8.42 Å². The monoisotopic (exact) mass is 435 g/mol. The second-order valence-corrected chi connectivity index (χ2v) is 9.49. The third-order valence-electron chi connectivity index (χ3n) is 4.18. The van der Waals surface area contributed by atoms with E-state index in [1.165, 1.54) is 35.6 Å². The van der Waals surface area contributed by atoms with Gasteiger partial charge in [-0.05, 0) is 60.0 Å². The highest BCUT2D eigenvalue weighted by Crippen LogP contribution is 2.32. The number of sulfone groups is 1. The van der Waals surface area contributed by atoms with Crippen LogP contribution < -0.4 is 10.1 Å². The van der Waals surface area contributed by atoms with Crippen molar-refractivity contribution in [3.05, 3.63) is 81.5 Å². The summed E-state index contributed by atoms with van der Waals surface area (Å²) in [7, 11) is -2.17. The van der Waals surface area contributed by atoms with Gasteiger partial charge in [0.2, 0.25) is 0 Å². The first-order valence-corrected chi connectivity index (χ1v) is 11.2. The van der Waals surface area contributed by atoms with Crippen molar-refractivity contribution >= 4 is 38.7 Å². The van der Waals surface area contributed by atoms with Crippen LogP contribution in [0, 0.1) is 0 Å². The zero-order valence-corrected chi connectivity index (χ0v) is 17.4. The molecular weight excluding hydrogens is 418 g/mol. The molecule has 0 saturated carbocycles. The first kappa shape index (κ1) is 20.4. The maximum Gasteiger partial charge on any atom is 0.251 e. The number of thiophene rings is 1. The van der Waals surface area contributed by atoms with E-state index in [0.29, 0.717) is 21.2 Å². The number of hydrogen-bond donors (Lipinski definition) is 1. The first-order chi connectivity index (χ1) is 13.4. The number of hydrogen-bond acceptors (Lipinski definition) is 5. The third kappa shape index (κ3) is 4.55. The van der Waals surface area contributed by atoms with Gasteiger partial charge in [-0.15, -0.1) is 11.3 Å². The zero-order valence-electron chi connectivity index (χ0n) is 15.0. The van der Waals surface area contributed by atoms with E-state index in [2.05, 4.69) is 5.32 Å². The van der Waals surface area contributed by atoms with E-state index in [1.807, 2.05) is 5.38 Å². The third-order valence-corrected chi connectivity index (χ3v) is 7.66. The lowest BCUT2D eigenvalue weighted by atomic mass is 10.2. The smallest absolute Gasteiger partial charge is 0.251 e. The SMILES string of the molecule is COc1ccc(C(=O)NC[C@H](c2cccs2)S(=O)(=O)c2ccc(Cl)cc2)cc1. The Morgan fingerprint density at radius 2 is 1.79 bits per heavy atom. The number of nitrogens with one attached hydrogen (secondary N) is 1. The van der Waals surface area contributed by atoms with Crippen LogP contribution in [0.2, 0.25) is 5.02 Å². The molecule has 0 spiro atoms. The number of carbonyl (C=O) groups excluding carboxylic acids is 1. The summed E-state index contributed by atoms with van der Waals surface area (Å²) in [6, 6.07) is 16.2. The summed E-state index contributed by atoms with van der Waals surface area (Å²) in [5.41, 5.74) is 0.426. The Morgan fingerprint density at radius 1 is 1.11 bits per heavy atom. The molecule has 3 rings (SSSR count). The van der Waals surface area contributed by atoms with Crippen molar-refractivity contribution < 1.29 is 17.9 Å². The van der Waals surface area contributed by atoms with Crippen LogP contribution in [0.5, 0.6) is 5.75 Å². The topological polar surface area (TPSA) is 72.5 Å². The largest absolute Gasteiger partial charge is 0.497 e. The Bertz CT molecular complexity index is 1030. The van der Waals surface area contributed by atoms with Gasteiger partial charge in [0, 0.05) is 22.0 Å². The minimum atomic E-state index is -3.71. The van der Waals surface area contributed by atoms with Crippen LogP contribution in [0.3, 0.4) is 0 Å². The van der Waals surface area contributed by atoms with Crippen molar-refractivity contribution in [3.8, 4) is 5.75 Å². The Labute approximate surface area is 172 Å². The molecule has 0 radical (unpaired) electrons. The minimum Gasteiger partial charge on any atom is -0.497 e. The lowest BCUT2D eigenvalue weighted by Gasteiger charge is -2.17. The van der Waals surface area contributed by atoms with Gasteiger partial charge < -0.3 is 10.1 Å². The van der Waals surface area contributed by atoms with Crippen LogP contribution in [0.25, 0.3) is 0 Å². The average Bonchev–Trinajstić information content (AvgIpc) is 3.22. The molecule has 0 fully saturated rings. The Morgan fingerprint density at radius 3 is 2.36 bits per heavy atom. The van der Waals surface area contributed by atoms with Gasteiger partial charge in [0.05, 0.1) is 12.0 Å². The van der Waals surface area contributed by atoms with Crippen molar-refractivity contribution in [2.45, 2.75) is 10.1 Å². The molecule has 1 aromatic heterocycles. The molecule has 1 atom stereocenters. The molecule has 146 valence electrons. The number of halogens is 1. The van der Waals surface area contributed by atoms with Crippen LogP contribution >= 0.6 is 22.9 Å². The van der Waals surface area contributed by atoms with E-state index in [9.17, 15) is 13.2 Å². The van der Waals surface area contributed by atoms with E-state index in [-0.39, 0.29) is 17.3 Å². The quantitative estimate of drug-likeness (QED) is 0.598. The molecule has 0 saturated heterocycles. The fourth-order valence-electron chi connectivity index (χ4n) is 2.66. The number of methoxy groups -OCH3 is 1. The summed E-state index contributed by atoms with van der Waals surface area (Å²) in [6.45, 7) is -0.0453. The average molecular weight is 436 g/mol. The summed E-state index contributed by atoms with van der Waals surface area (Å²) < 4.78 is 31.4. The Balaban J connectivity index is 1.83. The van der Waals surface area contributed by atoms with Crippen molar-refractivity contribution in [2.24, 2.45) is 0 Å². The molecule has 0 aliphatic rings. The van der Waals surface area contributed by atoms with E-state index >= 15 is 0 Å². The highest BCUT2D eigenvalue weighted by Gasteiger charge is 2.30. The van der Waals surface area contributed by atoms with Crippen LogP contribution in [-0.2, 0) is 9.84 Å². The van der Waals surface area contributed by atoms with Crippen LogP contribution in [0.4, 0.5) is 0 Å². The molecule has 0 aliphatic heterocycles. The van der Waals surface area contributed by atoms with Crippen molar-refractivity contribution in [2.75, 3.05) is 13.7 Å². The zero-order chi connectivity index (χ0) is 20.1. The molecule has 0 bridgehead atoms. The number of ether oxygens (including phenoxy) is 1. The normalized spacial score (nSPS) is 12.4. The summed E-state index contributed by atoms with van der Waals surface area (Å²) in [6.07, 6.45) is 0. The highest BCUT2D eigenvalue weighted by atomic mass is 35.5. The summed E-state index contributed by atoms with van der Waals surface area (Å²) in [5.74, 6) is 0.286. The molecule has 1 heterocycles. The Kier molecular flexibility index (Phi) is 6.39. The summed E-state index contributed by atoms with van der Waals surface area (Å²) in [4.78, 5) is 13.3. The summed E-state index contributed by atoms with van der Waals surface area (Å²) >= 11 is 7.21. The van der Waals surface area contributed by atoms with Gasteiger partial charge in [0.25, 0.3) is 5.91 Å². The predicted molar refractivity (Wildman–Crippen MR) is 111 cm³/mol. The van der Waals surface area contributed by atoms with Gasteiger partial charge >= 0.3 is 0 Å². The number of rotatable bonds is 7. The Hall–Kier alpha value is -2.35. The molecule has 0 unspecified atom stereocenters. The van der Waals surface area contributed by atoms with E-state index in [0.717, 1.165) is 0 Å². The first-order valence-electron chi connectivity index (χ1n) is 8.37. The molecule has 28 heavy (non-hydrogen) atoms. The molecule has 2 aromatic carbocycles. The van der Waals surface area contributed by atoms with E-state index in [4.69, 9.17) is 16.3 Å². The fourth-order valence-corrected chi connectivity index (χ4v) is 5.57. The maximum atomic E-state index is 13.2. The number of carbonyl (C=O) groups is 1. The highest BCUT2D eigenvalue weighted by molar-refractivity contribution is 7.91. The molecule has 5 nitrogen and oxygen atoms in total. The molecule has 1 N–H and O–H groups in total. The number of amides is 1. The minimum absolute atomic E-state index is 0.0453. The number of benzene rings is 2. The second-order valence-electron chi connectivity index (χ2n) is 5.94. The molecular formula is C20H18ClNO4S2. The molecule has 8 heteroatoms. The van der Waals surface area contributed by atoms with Crippen molar-refractivity contribution in [1.82, 2.24) is 5.32 Å².